The number of ether oxygens (including phenoxy) is 1. The molecule has 0 spiro atoms. The summed E-state index contributed by atoms with van der Waals surface area (Å²) in [6, 6.07) is 14.0. The van der Waals surface area contributed by atoms with E-state index < -0.39 is 5.97 Å². The third-order valence-corrected chi connectivity index (χ3v) is 11.4. The summed E-state index contributed by atoms with van der Waals surface area (Å²) in [7, 11) is 1.60. The van der Waals surface area contributed by atoms with Gasteiger partial charge in [0.2, 0.25) is 11.8 Å². The Hall–Kier alpha value is -4.06. The standard InChI is InChI=1S/C38H37Cl2N5O5/c1-20-23(5-3-6-24(20)30-16-41-31(37(43-30)49-2)19-44-13-12-22(46)18-44)25-7-4-8-27(33(25)39)36-42-29-15-28-26(34(40)35(29)50-36)9-10-32(28)45-14-11-21(17-45)38(47)48/h3-8,15-16,21-22,32,46H,9-14,17-19H2,1-2H3,(H,47,48)/t21-,22-,32-/m1/s1. The molecule has 5 aromatic rings. The molecule has 12 heteroatoms. The van der Waals surface area contributed by atoms with Crippen LogP contribution < -0.4 is 4.74 Å². The van der Waals surface area contributed by atoms with Crippen LogP contribution in [0.1, 0.15) is 47.7 Å². The molecule has 0 saturated carbocycles. The van der Waals surface area contributed by atoms with Crippen molar-refractivity contribution >= 4 is 40.3 Å². The monoisotopic (exact) mass is 713 g/mol. The first-order valence-corrected chi connectivity index (χ1v) is 17.7. The van der Waals surface area contributed by atoms with E-state index in [1.165, 1.54) is 0 Å². The van der Waals surface area contributed by atoms with Crippen molar-refractivity contribution in [2.75, 3.05) is 33.3 Å². The second-order valence-electron chi connectivity index (χ2n) is 13.5. The van der Waals surface area contributed by atoms with E-state index in [1.807, 2.05) is 43.3 Å². The summed E-state index contributed by atoms with van der Waals surface area (Å²) in [5.74, 6) is -0.231. The molecule has 8 rings (SSSR count). The van der Waals surface area contributed by atoms with Gasteiger partial charge in [-0.1, -0.05) is 53.5 Å². The van der Waals surface area contributed by atoms with Crippen molar-refractivity contribution in [1.29, 1.82) is 0 Å². The molecule has 2 fully saturated rings. The molecule has 0 radical (unpaired) electrons. The van der Waals surface area contributed by atoms with E-state index in [2.05, 4.69) is 15.9 Å². The molecule has 0 bridgehead atoms. The predicted molar refractivity (Wildman–Crippen MR) is 191 cm³/mol. The van der Waals surface area contributed by atoms with Crippen LogP contribution in [0.4, 0.5) is 0 Å². The fourth-order valence-corrected chi connectivity index (χ4v) is 8.56. The van der Waals surface area contributed by atoms with Gasteiger partial charge in [-0.3, -0.25) is 19.6 Å². The number of halogens is 2. The fourth-order valence-electron chi connectivity index (χ4n) is 7.92. The Balaban J connectivity index is 1.11. The van der Waals surface area contributed by atoms with Gasteiger partial charge in [-0.05, 0) is 73.5 Å². The minimum atomic E-state index is -0.736. The van der Waals surface area contributed by atoms with Crippen molar-refractivity contribution in [1.82, 2.24) is 24.8 Å². The first kappa shape index (κ1) is 33.1. The van der Waals surface area contributed by atoms with Gasteiger partial charge in [-0.2, -0.15) is 0 Å². The van der Waals surface area contributed by atoms with Gasteiger partial charge >= 0.3 is 5.97 Å². The van der Waals surface area contributed by atoms with Crippen LogP contribution in [0.15, 0.2) is 53.1 Å². The van der Waals surface area contributed by atoms with Crippen molar-refractivity contribution in [2.24, 2.45) is 5.92 Å². The number of rotatable bonds is 8. The number of aliphatic hydroxyl groups excluding tert-OH is 1. The lowest BCUT2D eigenvalue weighted by atomic mass is 9.94. The Labute approximate surface area is 299 Å². The van der Waals surface area contributed by atoms with Crippen LogP contribution in [-0.2, 0) is 17.8 Å². The molecule has 50 heavy (non-hydrogen) atoms. The summed E-state index contributed by atoms with van der Waals surface area (Å²) >= 11 is 14.1. The van der Waals surface area contributed by atoms with E-state index in [0.29, 0.717) is 70.2 Å². The number of aliphatic hydroxyl groups is 1. The molecule has 3 aromatic carbocycles. The van der Waals surface area contributed by atoms with Gasteiger partial charge in [0.15, 0.2) is 5.58 Å². The van der Waals surface area contributed by atoms with Gasteiger partial charge in [0.05, 0.1) is 46.6 Å². The zero-order chi connectivity index (χ0) is 34.7. The largest absolute Gasteiger partial charge is 0.481 e. The normalized spacial score (nSPS) is 20.9. The van der Waals surface area contributed by atoms with Gasteiger partial charge in [-0.25, -0.2) is 9.97 Å². The number of hydrogen-bond acceptors (Lipinski definition) is 9. The average Bonchev–Trinajstić information content (AvgIpc) is 3.92. The van der Waals surface area contributed by atoms with E-state index in [-0.39, 0.29) is 18.1 Å². The van der Waals surface area contributed by atoms with E-state index in [9.17, 15) is 15.0 Å². The number of fused-ring (bicyclic) bond motifs is 2. The number of aromatic nitrogens is 3. The molecule has 3 atom stereocenters. The highest BCUT2D eigenvalue weighted by atomic mass is 35.5. The Kier molecular flexibility index (Phi) is 8.77. The zero-order valence-corrected chi connectivity index (χ0v) is 29.3. The van der Waals surface area contributed by atoms with Crippen LogP contribution in [-0.4, -0.2) is 80.3 Å². The molecular weight excluding hydrogens is 677 g/mol. The minimum absolute atomic E-state index is 0.110. The van der Waals surface area contributed by atoms with Crippen LogP contribution in [0.2, 0.25) is 10.0 Å². The molecule has 2 aliphatic heterocycles. The number of carboxylic acid groups (broad SMARTS) is 1. The first-order valence-electron chi connectivity index (χ1n) is 17.0. The lowest BCUT2D eigenvalue weighted by Gasteiger charge is -2.24. The Bertz CT molecular complexity index is 2140. The van der Waals surface area contributed by atoms with Crippen molar-refractivity contribution in [3.63, 3.8) is 0 Å². The number of β-amino-alcohol motifs (C(OH)–C–C–N with tert-alkyl or cyclic N) is 1. The number of carboxylic acids is 1. The summed E-state index contributed by atoms with van der Waals surface area (Å²) < 4.78 is 12.0. The molecule has 2 N–H and O–H groups in total. The molecule has 1 aliphatic carbocycles. The van der Waals surface area contributed by atoms with Crippen molar-refractivity contribution in [2.45, 2.75) is 51.3 Å². The van der Waals surface area contributed by atoms with Crippen molar-refractivity contribution < 1.29 is 24.2 Å². The smallest absolute Gasteiger partial charge is 0.307 e. The minimum Gasteiger partial charge on any atom is -0.481 e. The van der Waals surface area contributed by atoms with Crippen molar-refractivity contribution in [3.8, 4) is 39.7 Å². The molecule has 4 heterocycles. The quantitative estimate of drug-likeness (QED) is 0.171. The summed E-state index contributed by atoms with van der Waals surface area (Å²) in [4.78, 5) is 30.5. The number of nitrogens with zero attached hydrogens (tertiary/aromatic N) is 5. The number of aliphatic carboxylic acids is 1. The van der Waals surface area contributed by atoms with Gasteiger partial charge in [0, 0.05) is 43.3 Å². The molecule has 258 valence electrons. The second kappa shape index (κ2) is 13.2. The number of carbonyl (C=O) groups is 1. The zero-order valence-electron chi connectivity index (χ0n) is 27.8. The second-order valence-corrected chi connectivity index (χ2v) is 14.3. The topological polar surface area (TPSA) is 125 Å². The molecule has 3 aliphatic rings. The van der Waals surface area contributed by atoms with Crippen LogP contribution in [0.5, 0.6) is 5.88 Å². The number of benzene rings is 3. The molecule has 10 nitrogen and oxygen atoms in total. The summed E-state index contributed by atoms with van der Waals surface area (Å²) in [6.45, 7) is 5.31. The molecule has 2 saturated heterocycles. The highest BCUT2D eigenvalue weighted by molar-refractivity contribution is 6.36. The van der Waals surface area contributed by atoms with E-state index in [0.717, 1.165) is 71.4 Å². The van der Waals surface area contributed by atoms with Gasteiger partial charge in [-0.15, -0.1) is 0 Å². The van der Waals surface area contributed by atoms with E-state index in [4.69, 9.17) is 47.3 Å². The van der Waals surface area contributed by atoms with Crippen LogP contribution in [0.3, 0.4) is 0 Å². The summed E-state index contributed by atoms with van der Waals surface area (Å²) in [5, 5.41) is 20.5. The number of oxazole rings is 1. The third kappa shape index (κ3) is 5.82. The predicted octanol–water partition coefficient (Wildman–Crippen LogP) is 7.20. The Morgan fingerprint density at radius 1 is 1.00 bits per heavy atom. The highest BCUT2D eigenvalue weighted by Crippen LogP contribution is 2.46. The van der Waals surface area contributed by atoms with Gasteiger partial charge < -0.3 is 19.4 Å². The Morgan fingerprint density at radius 3 is 2.52 bits per heavy atom. The molecule has 2 aromatic heterocycles. The average molecular weight is 715 g/mol. The molecular formula is C38H37Cl2N5O5. The number of methoxy groups -OCH3 is 1. The fraction of sp³-hybridized carbons (Fsp3) is 0.368. The van der Waals surface area contributed by atoms with E-state index in [1.54, 1.807) is 13.3 Å². The third-order valence-electron chi connectivity index (χ3n) is 10.5. The van der Waals surface area contributed by atoms with E-state index >= 15 is 0 Å². The molecule has 0 unspecified atom stereocenters. The van der Waals surface area contributed by atoms with Crippen molar-refractivity contribution in [3.05, 3.63) is 81.1 Å². The lowest BCUT2D eigenvalue weighted by molar-refractivity contribution is -0.141. The summed E-state index contributed by atoms with van der Waals surface area (Å²) in [5.41, 5.74) is 9.05. The SMILES string of the molecule is COc1nc(-c2cccc(-c3cccc(-c4nc5cc6c(c(Cl)c5o4)CC[C@H]6N4CC[C@@H](C(=O)O)C4)c3Cl)c2C)cnc1CN1CC[C@@H](O)C1. The summed E-state index contributed by atoms with van der Waals surface area (Å²) in [6.07, 6.45) is 4.55. The molecule has 0 amide bonds. The van der Waals surface area contributed by atoms with Gasteiger partial charge in [0.25, 0.3) is 0 Å². The maximum absolute atomic E-state index is 11.6. The lowest BCUT2D eigenvalue weighted by Crippen LogP contribution is -2.26. The van der Waals surface area contributed by atoms with Crippen LogP contribution in [0.25, 0.3) is 44.9 Å². The maximum Gasteiger partial charge on any atom is 0.307 e. The highest BCUT2D eigenvalue weighted by Gasteiger charge is 2.37. The van der Waals surface area contributed by atoms with Gasteiger partial charge in [0.1, 0.15) is 11.2 Å². The number of hydrogen-bond donors (Lipinski definition) is 2. The van der Waals surface area contributed by atoms with Crippen LogP contribution >= 0.6 is 23.2 Å². The van der Waals surface area contributed by atoms with Crippen LogP contribution in [0, 0.1) is 12.8 Å². The number of likely N-dealkylation sites (tertiary alicyclic amines) is 2. The maximum atomic E-state index is 11.6. The Morgan fingerprint density at radius 2 is 1.78 bits per heavy atom. The first-order chi connectivity index (χ1) is 24.2.